The molecular formula is C2H6N2S3. The Bertz CT molecular complexity index is 73.3. The molecule has 0 aliphatic carbocycles. The Hall–Kier alpha value is 0.390. The van der Waals surface area contributed by atoms with Crippen molar-refractivity contribution >= 4 is 42.1 Å². The lowest BCUT2D eigenvalue weighted by atomic mass is 11.2. The fraction of sp³-hybridized carbons (Fsp3) is 0.500. The molecule has 0 aromatic rings. The van der Waals surface area contributed by atoms with Crippen molar-refractivity contribution in [3.8, 4) is 0 Å². The van der Waals surface area contributed by atoms with Crippen LogP contribution < -0.4 is 5.73 Å². The van der Waals surface area contributed by atoms with Crippen LogP contribution in [0.2, 0.25) is 0 Å². The summed E-state index contributed by atoms with van der Waals surface area (Å²) in [4.78, 5) is 0. The van der Waals surface area contributed by atoms with Gasteiger partial charge < -0.3 is 5.73 Å². The molecule has 0 spiro atoms. The fourth-order valence-corrected chi connectivity index (χ4v) is 0.494. The Morgan fingerprint density at radius 1 is 2.00 bits per heavy atom. The highest BCUT2D eigenvalue weighted by Gasteiger charge is 1.92. The van der Waals surface area contributed by atoms with Crippen molar-refractivity contribution in [1.82, 2.24) is 3.71 Å². The van der Waals surface area contributed by atoms with E-state index in [4.69, 9.17) is 5.73 Å². The largest absolute Gasteiger partial charge is 0.375 e. The molecule has 0 saturated carbocycles. The first-order valence-electron chi connectivity index (χ1n) is 1.51. The van der Waals surface area contributed by atoms with Gasteiger partial charge in [-0.05, 0) is 24.2 Å². The molecule has 7 heavy (non-hydrogen) atoms. The lowest BCUT2D eigenvalue weighted by Gasteiger charge is -2.07. The summed E-state index contributed by atoms with van der Waals surface area (Å²) in [5.41, 5.74) is 5.11. The molecule has 42 valence electrons. The summed E-state index contributed by atoms with van der Waals surface area (Å²) >= 11 is 9.74. The molecule has 0 amide bonds. The summed E-state index contributed by atoms with van der Waals surface area (Å²) < 4.78 is 1.41. The zero-order valence-corrected chi connectivity index (χ0v) is 6.32. The molecule has 0 radical (unpaired) electrons. The van der Waals surface area contributed by atoms with Crippen molar-refractivity contribution in [3.05, 3.63) is 0 Å². The van der Waals surface area contributed by atoms with Crippen LogP contribution in [0.25, 0.3) is 0 Å². The van der Waals surface area contributed by atoms with Gasteiger partial charge in [0, 0.05) is 6.26 Å². The molecule has 0 bridgehead atoms. The second-order valence-electron chi connectivity index (χ2n) is 0.794. The Labute approximate surface area is 58.1 Å². The number of hydrogen-bond acceptors (Lipinski definition) is 3. The first kappa shape index (κ1) is 7.39. The monoisotopic (exact) mass is 154 g/mol. The van der Waals surface area contributed by atoms with E-state index < -0.39 is 0 Å². The molecule has 0 heterocycles. The maximum atomic E-state index is 5.11. The van der Waals surface area contributed by atoms with Crippen LogP contribution in [-0.4, -0.2) is 15.1 Å². The van der Waals surface area contributed by atoms with Gasteiger partial charge in [-0.25, -0.2) is 3.71 Å². The van der Waals surface area contributed by atoms with Gasteiger partial charge in [-0.3, -0.25) is 0 Å². The van der Waals surface area contributed by atoms with Gasteiger partial charge in [0.25, 0.3) is 0 Å². The molecular weight excluding hydrogens is 148 g/mol. The standard InChI is InChI=1S/C2H6N2S3/c1-7-4(6)2(3)5/h6H,1H3,(H2,3,5). The molecule has 0 rings (SSSR count). The average molecular weight is 154 g/mol. The van der Waals surface area contributed by atoms with Crippen LogP contribution in [0.5, 0.6) is 0 Å². The first-order chi connectivity index (χ1) is 3.18. The molecule has 2 N–H and O–H groups in total. The van der Waals surface area contributed by atoms with E-state index >= 15 is 0 Å². The molecule has 2 nitrogen and oxygen atoms in total. The van der Waals surface area contributed by atoms with E-state index in [0.717, 1.165) is 0 Å². The summed E-state index contributed by atoms with van der Waals surface area (Å²) in [6.07, 6.45) is 1.84. The summed E-state index contributed by atoms with van der Waals surface area (Å²) in [7, 11) is 0. The second kappa shape index (κ2) is 3.40. The molecule has 0 atom stereocenters. The van der Waals surface area contributed by atoms with Crippen molar-refractivity contribution in [3.63, 3.8) is 0 Å². The smallest absolute Gasteiger partial charge is 0.186 e. The number of hydrogen-bond donors (Lipinski definition) is 2. The third-order valence-electron chi connectivity index (χ3n) is 0.361. The molecule has 0 aromatic carbocycles. The van der Waals surface area contributed by atoms with E-state index in [-0.39, 0.29) is 5.11 Å². The summed E-state index contributed by atoms with van der Waals surface area (Å²) in [6.45, 7) is 0. The molecule has 0 unspecified atom stereocenters. The van der Waals surface area contributed by atoms with Gasteiger partial charge in [0.15, 0.2) is 5.11 Å². The zero-order valence-electron chi connectivity index (χ0n) is 3.79. The Morgan fingerprint density at radius 3 is 2.43 bits per heavy atom. The minimum Gasteiger partial charge on any atom is -0.375 e. The van der Waals surface area contributed by atoms with Crippen LogP contribution in [0.3, 0.4) is 0 Å². The Kier molecular flexibility index (Phi) is 3.59. The van der Waals surface area contributed by atoms with E-state index in [1.54, 1.807) is 0 Å². The molecule has 0 saturated heterocycles. The van der Waals surface area contributed by atoms with E-state index in [9.17, 15) is 0 Å². The number of rotatable bonds is 1. The Morgan fingerprint density at radius 2 is 2.43 bits per heavy atom. The number of thiocarbonyl (C=S) groups is 1. The van der Waals surface area contributed by atoms with Gasteiger partial charge in [0.05, 0.1) is 0 Å². The van der Waals surface area contributed by atoms with Crippen LogP contribution in [-0.2, 0) is 0 Å². The highest BCUT2D eigenvalue weighted by Crippen LogP contribution is 2.05. The van der Waals surface area contributed by atoms with Crippen molar-refractivity contribution in [2.24, 2.45) is 5.73 Å². The van der Waals surface area contributed by atoms with Gasteiger partial charge in [0.2, 0.25) is 0 Å². The molecule has 0 aliphatic rings. The number of nitrogens with two attached hydrogens (primary N) is 1. The minimum absolute atomic E-state index is 0.288. The van der Waals surface area contributed by atoms with E-state index in [0.29, 0.717) is 0 Å². The van der Waals surface area contributed by atoms with E-state index in [1.807, 2.05) is 6.26 Å². The van der Waals surface area contributed by atoms with Gasteiger partial charge in [0.1, 0.15) is 0 Å². The quantitative estimate of drug-likeness (QED) is 0.330. The third kappa shape index (κ3) is 3.02. The third-order valence-corrected chi connectivity index (χ3v) is 2.04. The minimum atomic E-state index is 0.288. The average Bonchev–Trinajstić information content (AvgIpc) is 1.65. The maximum absolute atomic E-state index is 5.11. The van der Waals surface area contributed by atoms with Crippen LogP contribution in [0, 0.1) is 0 Å². The molecule has 0 aromatic heterocycles. The molecule has 5 heteroatoms. The SMILES string of the molecule is CSN(S)C(N)=S. The van der Waals surface area contributed by atoms with Crippen LogP contribution in [0.4, 0.5) is 0 Å². The van der Waals surface area contributed by atoms with Crippen LogP contribution in [0.1, 0.15) is 0 Å². The van der Waals surface area contributed by atoms with Crippen molar-refractivity contribution < 1.29 is 0 Å². The Balaban J connectivity index is 3.34. The first-order valence-corrected chi connectivity index (χ1v) is 3.50. The highest BCUT2D eigenvalue weighted by atomic mass is 32.2. The van der Waals surface area contributed by atoms with Crippen molar-refractivity contribution in [2.75, 3.05) is 6.26 Å². The molecule has 0 aliphatic heterocycles. The number of thiol groups is 1. The fourth-order valence-electron chi connectivity index (χ4n) is 0.0900. The van der Waals surface area contributed by atoms with E-state index in [1.165, 1.54) is 15.7 Å². The van der Waals surface area contributed by atoms with Gasteiger partial charge in [-0.15, -0.1) is 0 Å². The van der Waals surface area contributed by atoms with Crippen LogP contribution >= 0.6 is 37.0 Å². The predicted molar refractivity (Wildman–Crippen MR) is 41.1 cm³/mol. The zero-order chi connectivity index (χ0) is 5.86. The van der Waals surface area contributed by atoms with Gasteiger partial charge in [-0.2, -0.15) is 0 Å². The summed E-state index contributed by atoms with van der Waals surface area (Å²) in [5, 5.41) is 0.288. The lowest BCUT2D eigenvalue weighted by molar-refractivity contribution is 1.16. The molecule has 0 fully saturated rings. The van der Waals surface area contributed by atoms with Gasteiger partial charge in [-0.1, -0.05) is 12.8 Å². The number of nitrogens with zero attached hydrogens (tertiary/aromatic N) is 1. The summed E-state index contributed by atoms with van der Waals surface area (Å²) in [5.74, 6) is 0. The summed E-state index contributed by atoms with van der Waals surface area (Å²) in [6, 6.07) is 0. The highest BCUT2D eigenvalue weighted by molar-refractivity contribution is 8.06. The predicted octanol–water partition coefficient (Wildman–Crippen LogP) is 0.655. The maximum Gasteiger partial charge on any atom is 0.186 e. The second-order valence-corrected chi connectivity index (χ2v) is 2.61. The lowest BCUT2D eigenvalue weighted by Crippen LogP contribution is -2.20. The van der Waals surface area contributed by atoms with Crippen LogP contribution in [0.15, 0.2) is 0 Å². The van der Waals surface area contributed by atoms with Crippen molar-refractivity contribution in [2.45, 2.75) is 0 Å². The van der Waals surface area contributed by atoms with Gasteiger partial charge >= 0.3 is 0 Å². The normalized spacial score (nSPS) is 8.29. The van der Waals surface area contributed by atoms with Crippen molar-refractivity contribution in [1.29, 1.82) is 0 Å². The van der Waals surface area contributed by atoms with E-state index in [2.05, 4.69) is 25.0 Å². The topological polar surface area (TPSA) is 29.3 Å².